The van der Waals surface area contributed by atoms with Crippen molar-refractivity contribution in [3.05, 3.63) is 60.3 Å². The summed E-state index contributed by atoms with van der Waals surface area (Å²) in [5.41, 5.74) is -0.388. The topological polar surface area (TPSA) is 85.8 Å². The number of rotatable bonds is 5. The van der Waals surface area contributed by atoms with Gasteiger partial charge in [0.05, 0.1) is 0 Å². The summed E-state index contributed by atoms with van der Waals surface area (Å²) in [5, 5.41) is 2.82. The number of amides is 4. The maximum absolute atomic E-state index is 13.2. The molecule has 1 aromatic carbocycles. The molecule has 4 amide bonds. The largest absolute Gasteiger partial charge is 0.353 e. The van der Waals surface area contributed by atoms with E-state index in [1.165, 1.54) is 0 Å². The number of imide groups is 1. The predicted octanol–water partition coefficient (Wildman–Crippen LogP) is 1.59. The molecule has 8 nitrogen and oxygen atoms in total. The van der Waals surface area contributed by atoms with Crippen molar-refractivity contribution in [1.29, 1.82) is 0 Å². The van der Waals surface area contributed by atoms with Gasteiger partial charge < -0.3 is 15.1 Å². The molecule has 0 unspecified atom stereocenters. The van der Waals surface area contributed by atoms with Crippen LogP contribution in [-0.2, 0) is 15.1 Å². The maximum Gasteiger partial charge on any atom is 0.325 e. The zero-order valence-electron chi connectivity index (χ0n) is 17.0. The average Bonchev–Trinajstić information content (AvgIpc) is 3.05. The van der Waals surface area contributed by atoms with Crippen LogP contribution in [0.5, 0.6) is 0 Å². The van der Waals surface area contributed by atoms with Crippen LogP contribution in [0.15, 0.2) is 54.7 Å². The van der Waals surface area contributed by atoms with Crippen molar-refractivity contribution in [2.24, 2.45) is 0 Å². The Labute approximate surface area is 175 Å². The van der Waals surface area contributed by atoms with E-state index in [0.717, 1.165) is 16.3 Å². The first-order valence-corrected chi connectivity index (χ1v) is 10.2. The molecular weight excluding hydrogens is 382 g/mol. The number of hydrogen-bond donors (Lipinski definition) is 1. The second-order valence-electron chi connectivity index (χ2n) is 7.50. The third-order valence-electron chi connectivity index (χ3n) is 5.87. The van der Waals surface area contributed by atoms with Crippen molar-refractivity contribution in [2.45, 2.75) is 18.9 Å². The Bertz CT molecular complexity index is 928. The van der Waals surface area contributed by atoms with Crippen LogP contribution in [0.25, 0.3) is 0 Å². The molecule has 3 heterocycles. The molecule has 30 heavy (non-hydrogen) atoms. The number of nitrogens with zero attached hydrogens (tertiary/aromatic N) is 4. The molecule has 0 bridgehead atoms. The van der Waals surface area contributed by atoms with Crippen LogP contribution in [0.3, 0.4) is 0 Å². The van der Waals surface area contributed by atoms with Gasteiger partial charge in [-0.25, -0.2) is 9.78 Å². The third kappa shape index (κ3) is 3.49. The predicted molar refractivity (Wildman–Crippen MR) is 112 cm³/mol. The Kier molecular flexibility index (Phi) is 5.39. The van der Waals surface area contributed by atoms with Gasteiger partial charge in [0.15, 0.2) is 0 Å². The fourth-order valence-electron chi connectivity index (χ4n) is 4.09. The van der Waals surface area contributed by atoms with E-state index >= 15 is 0 Å². The lowest BCUT2D eigenvalue weighted by molar-refractivity contribution is -0.139. The number of pyridine rings is 1. The molecule has 2 aromatic rings. The van der Waals surface area contributed by atoms with E-state index < -0.39 is 11.6 Å². The molecule has 4 rings (SSSR count). The molecule has 0 saturated carbocycles. The van der Waals surface area contributed by atoms with Crippen LogP contribution in [-0.4, -0.2) is 65.4 Å². The molecular formula is C22H25N5O3. The van der Waals surface area contributed by atoms with Crippen molar-refractivity contribution in [2.75, 3.05) is 37.6 Å². The minimum Gasteiger partial charge on any atom is -0.353 e. The van der Waals surface area contributed by atoms with Gasteiger partial charge in [0.2, 0.25) is 5.91 Å². The smallest absolute Gasteiger partial charge is 0.325 e. The van der Waals surface area contributed by atoms with Gasteiger partial charge in [-0.2, -0.15) is 0 Å². The summed E-state index contributed by atoms with van der Waals surface area (Å²) in [6.07, 6.45) is 2.16. The third-order valence-corrected chi connectivity index (χ3v) is 5.87. The number of carbonyl (C=O) groups excluding carboxylic acids is 3. The molecule has 0 radical (unpaired) electrons. The maximum atomic E-state index is 13.2. The Morgan fingerprint density at radius 1 is 1.03 bits per heavy atom. The lowest BCUT2D eigenvalue weighted by Gasteiger charge is -2.35. The zero-order chi connectivity index (χ0) is 21.1. The highest BCUT2D eigenvalue weighted by molar-refractivity contribution is 6.09. The zero-order valence-corrected chi connectivity index (χ0v) is 17.0. The number of nitrogens with one attached hydrogen (secondary N) is 1. The molecule has 2 aliphatic rings. The molecule has 2 saturated heterocycles. The van der Waals surface area contributed by atoms with Crippen LogP contribution in [0.1, 0.15) is 18.9 Å². The van der Waals surface area contributed by atoms with E-state index in [9.17, 15) is 14.4 Å². The molecule has 156 valence electrons. The number of aromatic nitrogens is 1. The van der Waals surface area contributed by atoms with Crippen LogP contribution in [0.2, 0.25) is 0 Å². The van der Waals surface area contributed by atoms with Crippen molar-refractivity contribution >= 4 is 23.7 Å². The van der Waals surface area contributed by atoms with E-state index in [0.29, 0.717) is 32.6 Å². The van der Waals surface area contributed by atoms with E-state index in [2.05, 4.69) is 15.2 Å². The minimum absolute atomic E-state index is 0.223. The molecule has 0 spiro atoms. The average molecular weight is 407 g/mol. The van der Waals surface area contributed by atoms with E-state index in [4.69, 9.17) is 0 Å². The summed E-state index contributed by atoms with van der Waals surface area (Å²) in [7, 11) is 0. The fraction of sp³-hybridized carbons (Fsp3) is 0.364. The normalized spacial score (nSPS) is 21.7. The molecule has 2 aliphatic heterocycles. The summed E-state index contributed by atoms with van der Waals surface area (Å²) in [6.45, 7) is 3.97. The van der Waals surface area contributed by atoms with Crippen LogP contribution < -0.4 is 10.2 Å². The number of benzene rings is 1. The van der Waals surface area contributed by atoms with Gasteiger partial charge in [0, 0.05) is 32.4 Å². The van der Waals surface area contributed by atoms with Gasteiger partial charge >= 0.3 is 6.03 Å². The monoisotopic (exact) mass is 407 g/mol. The van der Waals surface area contributed by atoms with Crippen LogP contribution >= 0.6 is 0 Å². The molecule has 1 aromatic heterocycles. The van der Waals surface area contributed by atoms with Crippen LogP contribution in [0, 0.1) is 0 Å². The highest BCUT2D eigenvalue weighted by Gasteiger charge is 2.51. The summed E-state index contributed by atoms with van der Waals surface area (Å²) in [5.74, 6) is 0.287. The molecule has 8 heteroatoms. The number of hydrogen-bond acceptors (Lipinski definition) is 5. The van der Waals surface area contributed by atoms with E-state index in [1.807, 2.05) is 55.5 Å². The van der Waals surface area contributed by atoms with Gasteiger partial charge in [-0.15, -0.1) is 0 Å². The Morgan fingerprint density at radius 3 is 2.37 bits per heavy atom. The van der Waals surface area contributed by atoms with Crippen molar-refractivity contribution in [1.82, 2.24) is 20.1 Å². The lowest BCUT2D eigenvalue weighted by atomic mass is 9.87. The molecule has 0 aliphatic carbocycles. The second kappa shape index (κ2) is 8.14. The summed E-state index contributed by atoms with van der Waals surface area (Å²) in [4.78, 5) is 47.8. The first kappa shape index (κ1) is 19.9. The Balaban J connectivity index is 1.41. The van der Waals surface area contributed by atoms with Crippen molar-refractivity contribution < 1.29 is 14.4 Å². The first-order valence-electron chi connectivity index (χ1n) is 10.2. The highest BCUT2D eigenvalue weighted by Crippen LogP contribution is 2.32. The molecule has 1 N–H and O–H groups in total. The fourth-order valence-corrected chi connectivity index (χ4v) is 4.09. The summed E-state index contributed by atoms with van der Waals surface area (Å²) < 4.78 is 0. The standard InChI is InChI=1S/C22H25N5O3/c1-2-22(17-8-4-3-5-9-17)20(29)27(21(30)24-22)16-19(28)26-14-12-25(13-15-26)18-10-6-7-11-23-18/h3-11H,2,12-16H2,1H3,(H,24,30)/t22-/m1/s1. The quantitative estimate of drug-likeness (QED) is 0.761. The van der Waals surface area contributed by atoms with Gasteiger partial charge in [0.1, 0.15) is 17.9 Å². The van der Waals surface area contributed by atoms with Crippen molar-refractivity contribution in [3.63, 3.8) is 0 Å². The van der Waals surface area contributed by atoms with Gasteiger partial charge in [-0.05, 0) is 24.1 Å². The lowest BCUT2D eigenvalue weighted by Crippen LogP contribution is -2.52. The van der Waals surface area contributed by atoms with Crippen LogP contribution in [0.4, 0.5) is 10.6 Å². The second-order valence-corrected chi connectivity index (χ2v) is 7.50. The number of anilines is 1. The summed E-state index contributed by atoms with van der Waals surface area (Å²) in [6, 6.07) is 14.4. The van der Waals surface area contributed by atoms with Gasteiger partial charge in [0.25, 0.3) is 5.91 Å². The number of urea groups is 1. The Hall–Kier alpha value is -3.42. The van der Waals surface area contributed by atoms with Gasteiger partial charge in [-0.3, -0.25) is 14.5 Å². The molecule has 1 atom stereocenters. The molecule has 2 fully saturated rings. The van der Waals surface area contributed by atoms with Gasteiger partial charge in [-0.1, -0.05) is 43.3 Å². The highest BCUT2D eigenvalue weighted by atomic mass is 16.2. The SMILES string of the molecule is CC[C@]1(c2ccccc2)NC(=O)N(CC(=O)N2CCN(c3ccccn3)CC2)C1=O. The number of piperazine rings is 1. The minimum atomic E-state index is -1.11. The van der Waals surface area contributed by atoms with Crippen molar-refractivity contribution in [3.8, 4) is 0 Å². The van der Waals surface area contributed by atoms with E-state index in [1.54, 1.807) is 11.1 Å². The summed E-state index contributed by atoms with van der Waals surface area (Å²) >= 11 is 0. The van der Waals surface area contributed by atoms with E-state index in [-0.39, 0.29) is 18.4 Å². The first-order chi connectivity index (χ1) is 14.5. The number of carbonyl (C=O) groups is 3. The Morgan fingerprint density at radius 2 is 1.73 bits per heavy atom.